The van der Waals surface area contributed by atoms with E-state index in [1.807, 2.05) is 0 Å². The largest absolute Gasteiger partial charge is 0.480 e. The number of carbonyl (C=O) groups excluding carboxylic acids is 1. The Hall–Kier alpha value is -2.31. The number of hydrogen-bond acceptors (Lipinski definition) is 4. The van der Waals surface area contributed by atoms with E-state index in [4.69, 9.17) is 9.84 Å². The summed E-state index contributed by atoms with van der Waals surface area (Å²) in [6, 6.07) is 3.08. The van der Waals surface area contributed by atoms with Crippen LogP contribution in [0, 0.1) is 5.82 Å². The second-order valence-electron chi connectivity index (χ2n) is 5.76. The lowest BCUT2D eigenvalue weighted by atomic mass is 10.2. The van der Waals surface area contributed by atoms with Crippen molar-refractivity contribution in [1.82, 2.24) is 0 Å². The van der Waals surface area contributed by atoms with Crippen LogP contribution in [-0.2, 0) is 9.53 Å². The van der Waals surface area contributed by atoms with Gasteiger partial charge in [0.25, 0.3) is 0 Å². The van der Waals surface area contributed by atoms with Gasteiger partial charge < -0.3 is 15.2 Å². The molecule has 0 saturated carbocycles. The fraction of sp³-hybridized carbons (Fsp3) is 0.467. The first-order valence-corrected chi connectivity index (χ1v) is 6.91. The number of carboxylic acids is 1. The van der Waals surface area contributed by atoms with Gasteiger partial charge >= 0.3 is 12.1 Å². The fourth-order valence-corrected chi connectivity index (χ4v) is 1.66. The Balaban J connectivity index is 2.86. The number of benzene rings is 1. The number of anilines is 2. The molecule has 1 rings (SSSR count). The lowest BCUT2D eigenvalue weighted by Crippen LogP contribution is -2.29. The number of nitrogens with one attached hydrogen (secondary N) is 2. The quantitative estimate of drug-likeness (QED) is 0.775. The molecule has 1 atom stereocenters. The molecule has 0 heterocycles. The number of hydrogen-bond donors (Lipinski definition) is 3. The molecule has 0 aliphatic rings. The highest BCUT2D eigenvalue weighted by molar-refractivity contribution is 5.86. The van der Waals surface area contributed by atoms with Gasteiger partial charge in [0.15, 0.2) is 0 Å². The van der Waals surface area contributed by atoms with Gasteiger partial charge in [-0.15, -0.1) is 0 Å². The molecule has 3 N–H and O–H groups in total. The number of halogens is 1. The Bertz CT molecular complexity index is 555. The Labute approximate surface area is 128 Å². The predicted molar refractivity (Wildman–Crippen MR) is 81.6 cm³/mol. The van der Waals surface area contributed by atoms with Crippen molar-refractivity contribution in [2.45, 2.75) is 45.8 Å². The molecule has 1 aromatic rings. The van der Waals surface area contributed by atoms with Crippen molar-refractivity contribution in [3.05, 3.63) is 24.0 Å². The van der Waals surface area contributed by atoms with Gasteiger partial charge in [-0.05, 0) is 45.4 Å². The number of ether oxygens (including phenoxy) is 1. The van der Waals surface area contributed by atoms with Crippen molar-refractivity contribution in [3.8, 4) is 0 Å². The van der Waals surface area contributed by atoms with Crippen LogP contribution in [-0.4, -0.2) is 28.8 Å². The molecule has 1 amide bonds. The van der Waals surface area contributed by atoms with E-state index >= 15 is 0 Å². The number of carboxylic acid groups (broad SMARTS) is 1. The first-order valence-electron chi connectivity index (χ1n) is 6.91. The molecule has 0 aliphatic carbocycles. The van der Waals surface area contributed by atoms with Crippen LogP contribution in [0.5, 0.6) is 0 Å². The summed E-state index contributed by atoms with van der Waals surface area (Å²) in [5.74, 6) is -1.65. The second-order valence-corrected chi connectivity index (χ2v) is 5.76. The molecule has 0 spiro atoms. The summed E-state index contributed by atoms with van der Waals surface area (Å²) in [4.78, 5) is 22.7. The Kier molecular flexibility index (Phi) is 5.73. The van der Waals surface area contributed by atoms with Crippen LogP contribution in [0.15, 0.2) is 18.2 Å². The van der Waals surface area contributed by atoms with Crippen LogP contribution in [0.1, 0.15) is 34.1 Å². The molecule has 7 heteroatoms. The molecule has 0 aromatic heterocycles. The Morgan fingerprint density at radius 2 is 2.00 bits per heavy atom. The van der Waals surface area contributed by atoms with Crippen LogP contribution >= 0.6 is 0 Å². The molecule has 1 aromatic carbocycles. The lowest BCUT2D eigenvalue weighted by Gasteiger charge is -2.20. The third kappa shape index (κ3) is 5.59. The molecule has 122 valence electrons. The van der Waals surface area contributed by atoms with Crippen LogP contribution in [0.25, 0.3) is 0 Å². The second kappa shape index (κ2) is 7.11. The third-order valence-corrected chi connectivity index (χ3v) is 2.65. The van der Waals surface area contributed by atoms with E-state index in [1.54, 1.807) is 27.7 Å². The molecule has 6 nitrogen and oxygen atoms in total. The van der Waals surface area contributed by atoms with Gasteiger partial charge in [-0.1, -0.05) is 6.92 Å². The van der Waals surface area contributed by atoms with Gasteiger partial charge in [0.05, 0.1) is 5.69 Å². The third-order valence-electron chi connectivity index (χ3n) is 2.65. The molecular weight excluding hydrogens is 291 g/mol. The maximum Gasteiger partial charge on any atom is 0.412 e. The minimum Gasteiger partial charge on any atom is -0.480 e. The highest BCUT2D eigenvalue weighted by Gasteiger charge is 2.19. The minimum atomic E-state index is -1.01. The zero-order valence-corrected chi connectivity index (χ0v) is 13.1. The smallest absolute Gasteiger partial charge is 0.412 e. The summed E-state index contributed by atoms with van der Waals surface area (Å²) in [7, 11) is 0. The first-order chi connectivity index (χ1) is 10.1. The summed E-state index contributed by atoms with van der Waals surface area (Å²) in [5, 5.41) is 14.1. The van der Waals surface area contributed by atoms with Crippen molar-refractivity contribution in [2.75, 3.05) is 10.6 Å². The van der Waals surface area contributed by atoms with Gasteiger partial charge in [0.2, 0.25) is 0 Å². The summed E-state index contributed by atoms with van der Waals surface area (Å²) in [5.41, 5.74) is -0.395. The van der Waals surface area contributed by atoms with E-state index < -0.39 is 29.5 Å². The summed E-state index contributed by atoms with van der Waals surface area (Å²) >= 11 is 0. The van der Waals surface area contributed by atoms with Gasteiger partial charge in [0, 0.05) is 5.69 Å². The van der Waals surface area contributed by atoms with Gasteiger partial charge in [-0.2, -0.15) is 0 Å². The first kappa shape index (κ1) is 17.7. The van der Waals surface area contributed by atoms with Gasteiger partial charge in [-0.25, -0.2) is 14.0 Å². The van der Waals surface area contributed by atoms with E-state index in [-0.39, 0.29) is 5.69 Å². The zero-order chi connectivity index (χ0) is 16.9. The van der Waals surface area contributed by atoms with E-state index in [2.05, 4.69) is 10.6 Å². The molecule has 0 aliphatic heterocycles. The molecule has 0 saturated heterocycles. The number of aliphatic carboxylic acids is 1. The fourth-order valence-electron chi connectivity index (χ4n) is 1.66. The summed E-state index contributed by atoms with van der Waals surface area (Å²) < 4.78 is 18.8. The molecule has 0 bridgehead atoms. The van der Waals surface area contributed by atoms with Crippen molar-refractivity contribution in [1.29, 1.82) is 0 Å². The monoisotopic (exact) mass is 312 g/mol. The Morgan fingerprint density at radius 1 is 1.36 bits per heavy atom. The van der Waals surface area contributed by atoms with Crippen LogP contribution in [0.4, 0.5) is 20.6 Å². The van der Waals surface area contributed by atoms with Crippen molar-refractivity contribution in [3.63, 3.8) is 0 Å². The number of rotatable bonds is 5. The average Bonchev–Trinajstić information content (AvgIpc) is 2.36. The van der Waals surface area contributed by atoms with E-state index in [0.29, 0.717) is 12.1 Å². The predicted octanol–water partition coefficient (Wildman–Crippen LogP) is 3.45. The van der Waals surface area contributed by atoms with Crippen LogP contribution < -0.4 is 10.6 Å². The maximum absolute atomic E-state index is 13.7. The zero-order valence-electron chi connectivity index (χ0n) is 13.1. The van der Waals surface area contributed by atoms with E-state index in [9.17, 15) is 14.0 Å². The highest BCUT2D eigenvalue weighted by Crippen LogP contribution is 2.21. The molecule has 0 radical (unpaired) electrons. The summed E-state index contributed by atoms with van der Waals surface area (Å²) in [6.07, 6.45) is -0.421. The van der Waals surface area contributed by atoms with Crippen molar-refractivity contribution < 1.29 is 23.8 Å². The standard InChI is InChI=1S/C15H21FN2O4/c1-5-11(13(19)20)17-9-6-7-10(16)12(8-9)18-14(21)22-15(2,3)4/h6-8,11,17H,5H2,1-4H3,(H,18,21)(H,19,20). The molecule has 0 fully saturated rings. The van der Waals surface area contributed by atoms with Crippen molar-refractivity contribution in [2.24, 2.45) is 0 Å². The SMILES string of the molecule is CCC(Nc1ccc(F)c(NC(=O)OC(C)(C)C)c1)C(=O)O. The topological polar surface area (TPSA) is 87.7 Å². The van der Waals surface area contributed by atoms with E-state index in [0.717, 1.165) is 6.07 Å². The number of carbonyl (C=O) groups is 2. The van der Waals surface area contributed by atoms with Crippen LogP contribution in [0.2, 0.25) is 0 Å². The van der Waals surface area contributed by atoms with Gasteiger partial charge in [-0.3, -0.25) is 5.32 Å². The van der Waals surface area contributed by atoms with E-state index in [1.165, 1.54) is 12.1 Å². The average molecular weight is 312 g/mol. The lowest BCUT2D eigenvalue weighted by molar-refractivity contribution is -0.137. The maximum atomic E-state index is 13.7. The van der Waals surface area contributed by atoms with Gasteiger partial charge in [0.1, 0.15) is 17.5 Å². The number of amides is 1. The normalized spacial score (nSPS) is 12.4. The molecule has 1 unspecified atom stereocenters. The van der Waals surface area contributed by atoms with Crippen molar-refractivity contribution >= 4 is 23.4 Å². The minimum absolute atomic E-state index is 0.0838. The molecular formula is C15H21FN2O4. The Morgan fingerprint density at radius 3 is 2.50 bits per heavy atom. The summed E-state index contributed by atoms with van der Waals surface area (Å²) in [6.45, 7) is 6.80. The highest BCUT2D eigenvalue weighted by atomic mass is 19.1. The molecule has 22 heavy (non-hydrogen) atoms. The van der Waals surface area contributed by atoms with Crippen LogP contribution in [0.3, 0.4) is 0 Å².